The van der Waals surface area contributed by atoms with Gasteiger partial charge >= 0.3 is 0 Å². The summed E-state index contributed by atoms with van der Waals surface area (Å²) in [5, 5.41) is 3.31. The molecule has 8 heteroatoms. The van der Waals surface area contributed by atoms with Gasteiger partial charge in [-0.2, -0.15) is 0 Å². The smallest absolute Gasteiger partial charge is 0.261 e. The van der Waals surface area contributed by atoms with Gasteiger partial charge in [0.15, 0.2) is 5.82 Å². The normalized spacial score (nSPS) is 11.2. The van der Waals surface area contributed by atoms with Crippen LogP contribution in [0.3, 0.4) is 0 Å². The molecule has 0 saturated heterocycles. The first-order valence-corrected chi connectivity index (χ1v) is 11.7. The molecule has 0 unspecified atom stereocenters. The van der Waals surface area contributed by atoms with Gasteiger partial charge in [-0.1, -0.05) is 43.3 Å². The fraction of sp³-hybridized carbons (Fsp3) is 0.125. The molecular weight excluding hydrogens is 422 g/mol. The number of pyridine rings is 1. The Morgan fingerprint density at radius 1 is 0.875 bits per heavy atom. The predicted molar refractivity (Wildman–Crippen MR) is 126 cm³/mol. The first-order valence-electron chi connectivity index (χ1n) is 10.2. The summed E-state index contributed by atoms with van der Waals surface area (Å²) in [7, 11) is -3.68. The van der Waals surface area contributed by atoms with Crippen LogP contribution in [-0.2, 0) is 23.0 Å². The highest BCUT2D eigenvalue weighted by atomic mass is 32.2. The van der Waals surface area contributed by atoms with Crippen LogP contribution in [-0.4, -0.2) is 23.4 Å². The summed E-state index contributed by atoms with van der Waals surface area (Å²) in [6.45, 7) is 2.43. The molecule has 2 aromatic heterocycles. The second kappa shape index (κ2) is 9.57. The van der Waals surface area contributed by atoms with Crippen LogP contribution in [0.15, 0.2) is 90.1 Å². The van der Waals surface area contributed by atoms with Gasteiger partial charge in [-0.15, -0.1) is 0 Å². The lowest BCUT2D eigenvalue weighted by molar-refractivity contribution is 0.601. The zero-order valence-corrected chi connectivity index (χ0v) is 18.4. The van der Waals surface area contributed by atoms with E-state index in [0.29, 0.717) is 23.9 Å². The van der Waals surface area contributed by atoms with Gasteiger partial charge in [-0.3, -0.25) is 9.71 Å². The van der Waals surface area contributed by atoms with E-state index in [0.717, 1.165) is 23.2 Å². The monoisotopic (exact) mass is 445 g/mol. The van der Waals surface area contributed by atoms with Crippen LogP contribution >= 0.6 is 0 Å². The topological polar surface area (TPSA) is 96.9 Å². The van der Waals surface area contributed by atoms with E-state index in [1.807, 2.05) is 37.3 Å². The van der Waals surface area contributed by atoms with Gasteiger partial charge in [0.25, 0.3) is 10.0 Å². The van der Waals surface area contributed by atoms with Crippen molar-refractivity contribution in [3.63, 3.8) is 0 Å². The molecule has 4 aromatic rings. The molecule has 0 atom stereocenters. The van der Waals surface area contributed by atoms with Crippen molar-refractivity contribution in [3.8, 4) is 11.4 Å². The number of nitrogens with zero attached hydrogens (tertiary/aromatic N) is 3. The summed E-state index contributed by atoms with van der Waals surface area (Å²) in [5.74, 6) is 1.29. The van der Waals surface area contributed by atoms with Crippen LogP contribution in [0, 0.1) is 0 Å². The van der Waals surface area contributed by atoms with Gasteiger partial charge in [-0.05, 0) is 42.3 Å². The number of sulfonamides is 1. The van der Waals surface area contributed by atoms with Gasteiger partial charge in [0, 0.05) is 36.3 Å². The van der Waals surface area contributed by atoms with Crippen LogP contribution < -0.4 is 10.0 Å². The molecule has 0 spiro atoms. The SMILES string of the molecule is CCc1cc(NCc2ccccc2NS(=O)(=O)c2ccccc2)nc(-c2ccncc2)n1. The summed E-state index contributed by atoms with van der Waals surface area (Å²) in [6, 6.07) is 21.2. The average Bonchev–Trinajstić information content (AvgIpc) is 2.84. The summed E-state index contributed by atoms with van der Waals surface area (Å²) in [5.41, 5.74) is 3.11. The summed E-state index contributed by atoms with van der Waals surface area (Å²) in [6.07, 6.45) is 4.18. The van der Waals surface area contributed by atoms with E-state index in [-0.39, 0.29) is 4.90 Å². The lowest BCUT2D eigenvalue weighted by Crippen LogP contribution is -2.15. The number of para-hydroxylation sites is 1. The van der Waals surface area contributed by atoms with E-state index in [2.05, 4.69) is 25.0 Å². The Morgan fingerprint density at radius 3 is 2.34 bits per heavy atom. The molecule has 32 heavy (non-hydrogen) atoms. The van der Waals surface area contributed by atoms with Crippen LogP contribution in [0.2, 0.25) is 0 Å². The van der Waals surface area contributed by atoms with Crippen molar-refractivity contribution in [2.45, 2.75) is 24.8 Å². The third kappa shape index (κ3) is 5.09. The fourth-order valence-electron chi connectivity index (χ4n) is 3.16. The zero-order valence-electron chi connectivity index (χ0n) is 17.6. The van der Waals surface area contributed by atoms with Gasteiger partial charge < -0.3 is 5.32 Å². The van der Waals surface area contributed by atoms with Crippen molar-refractivity contribution in [2.24, 2.45) is 0 Å². The molecule has 0 amide bonds. The van der Waals surface area contributed by atoms with Crippen LogP contribution in [0.1, 0.15) is 18.2 Å². The Bertz CT molecular complexity index is 1300. The largest absolute Gasteiger partial charge is 0.366 e. The number of nitrogens with one attached hydrogen (secondary N) is 2. The number of aromatic nitrogens is 3. The standard InChI is InChI=1S/C24H23N5O2S/c1-2-20-16-23(28-24(27-20)18-12-14-25-15-13-18)26-17-19-8-6-7-11-22(19)29-32(30,31)21-9-4-3-5-10-21/h3-16,29H,2,17H2,1H3,(H,26,27,28). The van der Waals surface area contributed by atoms with Crippen molar-refractivity contribution in [1.29, 1.82) is 0 Å². The zero-order chi connectivity index (χ0) is 22.4. The Hall–Kier alpha value is -3.78. The third-order valence-electron chi connectivity index (χ3n) is 4.86. The molecular formula is C24H23N5O2S. The van der Waals surface area contributed by atoms with Crippen molar-refractivity contribution in [3.05, 3.63) is 96.4 Å². The van der Waals surface area contributed by atoms with Crippen LogP contribution in [0.25, 0.3) is 11.4 Å². The first kappa shape index (κ1) is 21.5. The Balaban J connectivity index is 1.56. The number of anilines is 2. The Kier molecular flexibility index (Phi) is 6.42. The maximum absolute atomic E-state index is 12.8. The summed E-state index contributed by atoms with van der Waals surface area (Å²) >= 11 is 0. The van der Waals surface area contributed by atoms with Gasteiger partial charge in [0.1, 0.15) is 5.82 Å². The molecule has 0 aliphatic carbocycles. The lowest BCUT2D eigenvalue weighted by Gasteiger charge is -2.14. The van der Waals surface area contributed by atoms with E-state index in [4.69, 9.17) is 0 Å². The number of rotatable bonds is 8. The second-order valence-electron chi connectivity index (χ2n) is 7.09. The van der Waals surface area contributed by atoms with Gasteiger partial charge in [0.2, 0.25) is 0 Å². The van der Waals surface area contributed by atoms with Crippen molar-refractivity contribution in [1.82, 2.24) is 15.0 Å². The van der Waals surface area contributed by atoms with E-state index in [1.54, 1.807) is 54.9 Å². The number of benzene rings is 2. The van der Waals surface area contributed by atoms with Crippen molar-refractivity contribution in [2.75, 3.05) is 10.0 Å². The average molecular weight is 446 g/mol. The quantitative estimate of drug-likeness (QED) is 0.414. The van der Waals surface area contributed by atoms with E-state index >= 15 is 0 Å². The highest BCUT2D eigenvalue weighted by Gasteiger charge is 2.15. The minimum atomic E-state index is -3.68. The van der Waals surface area contributed by atoms with Crippen LogP contribution in [0.5, 0.6) is 0 Å². The minimum Gasteiger partial charge on any atom is -0.366 e. The Labute approximate surface area is 187 Å². The van der Waals surface area contributed by atoms with Gasteiger partial charge in [0.05, 0.1) is 10.6 Å². The first-order chi connectivity index (χ1) is 15.5. The fourth-order valence-corrected chi connectivity index (χ4v) is 4.28. The molecule has 0 saturated carbocycles. The highest BCUT2D eigenvalue weighted by Crippen LogP contribution is 2.22. The third-order valence-corrected chi connectivity index (χ3v) is 6.24. The van der Waals surface area contributed by atoms with Crippen molar-refractivity contribution < 1.29 is 8.42 Å². The molecule has 7 nitrogen and oxygen atoms in total. The molecule has 4 rings (SSSR count). The van der Waals surface area contributed by atoms with Gasteiger partial charge in [-0.25, -0.2) is 18.4 Å². The maximum Gasteiger partial charge on any atom is 0.261 e. The molecule has 0 fully saturated rings. The molecule has 162 valence electrons. The number of hydrogen-bond acceptors (Lipinski definition) is 6. The van der Waals surface area contributed by atoms with Crippen LogP contribution in [0.4, 0.5) is 11.5 Å². The molecule has 0 radical (unpaired) electrons. The molecule has 0 aliphatic rings. The van der Waals surface area contributed by atoms with E-state index in [1.165, 1.54) is 0 Å². The number of hydrogen-bond donors (Lipinski definition) is 2. The lowest BCUT2D eigenvalue weighted by atomic mass is 10.2. The summed E-state index contributed by atoms with van der Waals surface area (Å²) in [4.78, 5) is 13.5. The maximum atomic E-state index is 12.8. The van der Waals surface area contributed by atoms with E-state index in [9.17, 15) is 8.42 Å². The molecule has 2 heterocycles. The molecule has 0 aliphatic heterocycles. The van der Waals surface area contributed by atoms with Crippen molar-refractivity contribution >= 4 is 21.5 Å². The molecule has 2 N–H and O–H groups in total. The second-order valence-corrected chi connectivity index (χ2v) is 8.77. The molecule has 0 bridgehead atoms. The summed E-state index contributed by atoms with van der Waals surface area (Å²) < 4.78 is 28.2. The van der Waals surface area contributed by atoms with E-state index < -0.39 is 10.0 Å². The number of aryl methyl sites for hydroxylation is 1. The Morgan fingerprint density at radius 2 is 1.59 bits per heavy atom. The molecule has 2 aromatic carbocycles. The predicted octanol–water partition coefficient (Wildman–Crippen LogP) is 4.51. The highest BCUT2D eigenvalue weighted by molar-refractivity contribution is 7.92. The minimum absolute atomic E-state index is 0.216.